The van der Waals surface area contributed by atoms with Crippen molar-refractivity contribution in [1.29, 1.82) is 0 Å². The molecule has 0 atom stereocenters. The molecular weight excluding hydrogens is 168 g/mol. The van der Waals surface area contributed by atoms with Gasteiger partial charge in [-0.1, -0.05) is 12.1 Å². The number of benzene rings is 1. The lowest BCUT2D eigenvalue weighted by molar-refractivity contribution is 0.0992. The second-order valence-electron chi connectivity index (χ2n) is 2.59. The molecule has 3 nitrogen and oxygen atoms in total. The summed E-state index contributed by atoms with van der Waals surface area (Å²) in [6.45, 7) is 3.41. The van der Waals surface area contributed by atoms with Crippen LogP contribution < -0.4 is 0 Å². The predicted molar refractivity (Wildman–Crippen MR) is 48.9 cm³/mol. The van der Waals surface area contributed by atoms with Crippen molar-refractivity contribution in [3.63, 3.8) is 0 Å². The van der Waals surface area contributed by atoms with Gasteiger partial charge in [-0.15, -0.1) is 6.58 Å². The largest absolute Gasteiger partial charge is 0.504 e. The molecule has 13 heavy (non-hydrogen) atoms. The molecule has 0 aliphatic carbocycles. The third-order valence-electron chi connectivity index (χ3n) is 1.64. The maximum atomic E-state index is 11.3. The number of hydrogen-bond acceptors (Lipinski definition) is 3. The van der Waals surface area contributed by atoms with Gasteiger partial charge in [0.1, 0.15) is 0 Å². The predicted octanol–water partition coefficient (Wildman–Crippen LogP) is 1.86. The molecule has 0 fully saturated rings. The Morgan fingerprint density at radius 1 is 1.46 bits per heavy atom. The summed E-state index contributed by atoms with van der Waals surface area (Å²) in [6.07, 6.45) is 1.60. The first kappa shape index (κ1) is 9.32. The number of carbonyl (C=O) groups is 1. The molecule has 0 radical (unpaired) electrons. The van der Waals surface area contributed by atoms with E-state index in [1.54, 1.807) is 0 Å². The summed E-state index contributed by atoms with van der Waals surface area (Å²) in [4.78, 5) is 11.3. The van der Waals surface area contributed by atoms with Crippen molar-refractivity contribution < 1.29 is 15.0 Å². The number of Topliss-reactive ketones (excluding diaryl/α,β-unsaturated/α-hetero) is 1. The first-order valence-corrected chi connectivity index (χ1v) is 3.82. The molecule has 0 heterocycles. The molecule has 0 saturated carbocycles. The van der Waals surface area contributed by atoms with Crippen molar-refractivity contribution in [3.8, 4) is 11.5 Å². The fourth-order valence-electron chi connectivity index (χ4n) is 0.997. The van der Waals surface area contributed by atoms with E-state index in [2.05, 4.69) is 6.58 Å². The van der Waals surface area contributed by atoms with Gasteiger partial charge in [0.15, 0.2) is 17.3 Å². The van der Waals surface area contributed by atoms with Crippen LogP contribution in [0.1, 0.15) is 16.8 Å². The van der Waals surface area contributed by atoms with Crippen molar-refractivity contribution in [2.75, 3.05) is 0 Å². The Kier molecular flexibility index (Phi) is 2.69. The number of phenolic OH excluding ortho intramolecular Hbond substituents is 2. The molecule has 0 aliphatic rings. The maximum absolute atomic E-state index is 11.3. The Bertz CT molecular complexity index is 342. The third-order valence-corrected chi connectivity index (χ3v) is 1.64. The molecule has 68 valence electrons. The van der Waals surface area contributed by atoms with Gasteiger partial charge in [-0.25, -0.2) is 0 Å². The summed E-state index contributed by atoms with van der Waals surface area (Å²) in [7, 11) is 0. The average molecular weight is 178 g/mol. The van der Waals surface area contributed by atoms with Crippen molar-refractivity contribution in [3.05, 3.63) is 36.4 Å². The maximum Gasteiger partial charge on any atom is 0.170 e. The van der Waals surface area contributed by atoms with Crippen molar-refractivity contribution in [1.82, 2.24) is 0 Å². The van der Waals surface area contributed by atoms with E-state index in [1.165, 1.54) is 24.3 Å². The van der Waals surface area contributed by atoms with Crippen LogP contribution >= 0.6 is 0 Å². The topological polar surface area (TPSA) is 57.5 Å². The van der Waals surface area contributed by atoms with E-state index in [9.17, 15) is 9.90 Å². The van der Waals surface area contributed by atoms with Gasteiger partial charge in [0.05, 0.1) is 5.56 Å². The normalized spacial score (nSPS) is 9.54. The van der Waals surface area contributed by atoms with Crippen LogP contribution in [0.5, 0.6) is 11.5 Å². The fourth-order valence-corrected chi connectivity index (χ4v) is 0.997. The lowest BCUT2D eigenvalue weighted by Crippen LogP contribution is -1.96. The van der Waals surface area contributed by atoms with Gasteiger partial charge < -0.3 is 10.2 Å². The van der Waals surface area contributed by atoms with E-state index in [0.717, 1.165) is 0 Å². The zero-order valence-corrected chi connectivity index (χ0v) is 7.03. The summed E-state index contributed by atoms with van der Waals surface area (Å²) < 4.78 is 0. The molecule has 0 spiro atoms. The van der Waals surface area contributed by atoms with Crippen LogP contribution in [0.4, 0.5) is 0 Å². The van der Waals surface area contributed by atoms with Crippen molar-refractivity contribution >= 4 is 5.78 Å². The molecule has 0 aromatic heterocycles. The number of allylic oxidation sites excluding steroid dienone is 1. The zero-order chi connectivity index (χ0) is 9.84. The van der Waals surface area contributed by atoms with Gasteiger partial charge in [0.2, 0.25) is 0 Å². The van der Waals surface area contributed by atoms with Crippen molar-refractivity contribution in [2.45, 2.75) is 6.42 Å². The molecule has 0 unspecified atom stereocenters. The molecule has 3 heteroatoms. The Balaban J connectivity index is 3.07. The number of aromatic hydroxyl groups is 2. The minimum Gasteiger partial charge on any atom is -0.504 e. The highest BCUT2D eigenvalue weighted by molar-refractivity contribution is 6.00. The summed E-state index contributed by atoms with van der Waals surface area (Å²) in [5.74, 6) is -0.910. The number of hydrogen-bond donors (Lipinski definition) is 2. The van der Waals surface area contributed by atoms with E-state index in [-0.39, 0.29) is 29.3 Å². The number of rotatable bonds is 3. The Labute approximate surface area is 76.0 Å². The van der Waals surface area contributed by atoms with E-state index in [1.807, 2.05) is 0 Å². The second kappa shape index (κ2) is 3.76. The molecule has 0 amide bonds. The van der Waals surface area contributed by atoms with Gasteiger partial charge in [-0.2, -0.15) is 0 Å². The van der Waals surface area contributed by atoms with Crippen LogP contribution in [0.2, 0.25) is 0 Å². The minimum atomic E-state index is -0.366. The fraction of sp³-hybridized carbons (Fsp3) is 0.100. The molecule has 2 N–H and O–H groups in total. The SMILES string of the molecule is C=CCC(=O)c1cccc(O)c1O. The first-order valence-electron chi connectivity index (χ1n) is 3.82. The first-order chi connectivity index (χ1) is 6.16. The van der Waals surface area contributed by atoms with Gasteiger partial charge in [-0.05, 0) is 12.1 Å². The van der Waals surface area contributed by atoms with Gasteiger partial charge in [0, 0.05) is 6.42 Å². The molecule has 0 bridgehead atoms. The summed E-state index contributed by atoms with van der Waals surface area (Å²) in [6, 6.07) is 4.28. The Hall–Kier alpha value is -1.77. The standard InChI is InChI=1S/C10H10O3/c1-2-4-8(11)7-5-3-6-9(12)10(7)13/h2-3,5-6,12-13H,1,4H2. The zero-order valence-electron chi connectivity index (χ0n) is 7.03. The molecule has 0 aliphatic heterocycles. The number of carbonyl (C=O) groups excluding carboxylic acids is 1. The van der Waals surface area contributed by atoms with Gasteiger partial charge >= 0.3 is 0 Å². The minimum absolute atomic E-state index is 0.125. The van der Waals surface area contributed by atoms with Crippen LogP contribution in [0.15, 0.2) is 30.9 Å². The third kappa shape index (κ3) is 1.87. The molecular formula is C10H10O3. The lowest BCUT2D eigenvalue weighted by Gasteiger charge is -2.02. The van der Waals surface area contributed by atoms with E-state index in [4.69, 9.17) is 5.11 Å². The van der Waals surface area contributed by atoms with E-state index >= 15 is 0 Å². The van der Waals surface area contributed by atoms with Gasteiger partial charge in [0.25, 0.3) is 0 Å². The molecule has 0 saturated heterocycles. The second-order valence-corrected chi connectivity index (χ2v) is 2.59. The Morgan fingerprint density at radius 2 is 2.15 bits per heavy atom. The Morgan fingerprint density at radius 3 is 2.77 bits per heavy atom. The number of ketones is 1. The molecule has 1 rings (SSSR count). The van der Waals surface area contributed by atoms with E-state index in [0.29, 0.717) is 0 Å². The van der Waals surface area contributed by atoms with Crippen LogP contribution in [-0.2, 0) is 0 Å². The van der Waals surface area contributed by atoms with Crippen LogP contribution in [0.3, 0.4) is 0 Å². The number of para-hydroxylation sites is 1. The molecule has 1 aromatic rings. The van der Waals surface area contributed by atoms with Crippen LogP contribution in [0.25, 0.3) is 0 Å². The monoisotopic (exact) mass is 178 g/mol. The lowest BCUT2D eigenvalue weighted by atomic mass is 10.1. The molecule has 1 aromatic carbocycles. The van der Waals surface area contributed by atoms with Crippen LogP contribution in [-0.4, -0.2) is 16.0 Å². The smallest absolute Gasteiger partial charge is 0.170 e. The van der Waals surface area contributed by atoms with Crippen LogP contribution in [0, 0.1) is 0 Å². The summed E-state index contributed by atoms with van der Waals surface area (Å²) >= 11 is 0. The summed E-state index contributed by atoms with van der Waals surface area (Å²) in [5.41, 5.74) is 0.125. The average Bonchev–Trinajstić information content (AvgIpc) is 2.10. The van der Waals surface area contributed by atoms with E-state index < -0.39 is 0 Å². The number of phenols is 2. The quantitative estimate of drug-likeness (QED) is 0.422. The highest BCUT2D eigenvalue weighted by Gasteiger charge is 2.11. The van der Waals surface area contributed by atoms with Gasteiger partial charge in [-0.3, -0.25) is 4.79 Å². The van der Waals surface area contributed by atoms with Crippen molar-refractivity contribution in [2.24, 2.45) is 0 Å². The highest BCUT2D eigenvalue weighted by atomic mass is 16.3. The highest BCUT2D eigenvalue weighted by Crippen LogP contribution is 2.28. The summed E-state index contributed by atoms with van der Waals surface area (Å²) in [5, 5.41) is 18.4.